The highest BCUT2D eigenvalue weighted by molar-refractivity contribution is 5.95. The maximum atomic E-state index is 12.4. The first-order valence-corrected chi connectivity index (χ1v) is 7.99. The lowest BCUT2D eigenvalue weighted by atomic mass is 10.1. The first-order chi connectivity index (χ1) is 12.1. The van der Waals surface area contributed by atoms with Crippen LogP contribution in [-0.2, 0) is 14.3 Å². The number of anilines is 1. The Balaban J connectivity index is 1.67. The van der Waals surface area contributed by atoms with Gasteiger partial charge in [-0.2, -0.15) is 0 Å². The maximum absolute atomic E-state index is 12.4. The van der Waals surface area contributed by atoms with Crippen LogP contribution in [0.3, 0.4) is 0 Å². The van der Waals surface area contributed by atoms with Gasteiger partial charge in [-0.05, 0) is 30.3 Å². The first kappa shape index (κ1) is 17.3. The molecule has 7 nitrogen and oxygen atoms in total. The van der Waals surface area contributed by atoms with Gasteiger partial charge in [-0.25, -0.2) is 0 Å². The summed E-state index contributed by atoms with van der Waals surface area (Å²) in [6.07, 6.45) is 2.14. The predicted molar refractivity (Wildman–Crippen MR) is 93.8 cm³/mol. The van der Waals surface area contributed by atoms with Crippen LogP contribution in [0.2, 0.25) is 0 Å². The molecule has 3 rings (SSSR count). The van der Waals surface area contributed by atoms with Gasteiger partial charge in [0.15, 0.2) is 5.79 Å². The molecule has 1 aromatic heterocycles. The Hall–Kier alpha value is -2.48. The van der Waals surface area contributed by atoms with Gasteiger partial charge in [0.25, 0.3) is 5.56 Å². The fourth-order valence-electron chi connectivity index (χ4n) is 2.89. The van der Waals surface area contributed by atoms with Crippen molar-refractivity contribution >= 4 is 11.6 Å². The van der Waals surface area contributed by atoms with Gasteiger partial charge in [-0.15, -0.1) is 0 Å². The van der Waals surface area contributed by atoms with E-state index in [2.05, 4.69) is 10.6 Å². The molecule has 0 saturated carbocycles. The topological polar surface area (TPSA) is 81.6 Å². The molecule has 0 bridgehead atoms. The molecule has 2 aromatic rings. The smallest absolute Gasteiger partial charge is 0.255 e. The van der Waals surface area contributed by atoms with E-state index >= 15 is 0 Å². The molecule has 25 heavy (non-hydrogen) atoms. The Kier molecular flexibility index (Phi) is 4.98. The third-order valence-electron chi connectivity index (χ3n) is 4.43. The van der Waals surface area contributed by atoms with Crippen molar-refractivity contribution in [2.45, 2.75) is 18.2 Å². The minimum Gasteiger partial charge on any atom is -0.352 e. The summed E-state index contributed by atoms with van der Waals surface area (Å²) in [6.45, 7) is 0.452. The number of carbonyl (C=O) groups excluding carboxylic acids is 1. The van der Waals surface area contributed by atoms with Crippen molar-refractivity contribution in [3.8, 4) is 5.69 Å². The number of carbonyl (C=O) groups is 1. The number of nitrogens with zero attached hydrogens (tertiary/aromatic N) is 1. The van der Waals surface area contributed by atoms with Crippen LogP contribution in [0.15, 0.2) is 53.5 Å². The van der Waals surface area contributed by atoms with Crippen LogP contribution in [0, 0.1) is 0 Å². The summed E-state index contributed by atoms with van der Waals surface area (Å²) in [6, 6.07) is 11.7. The Morgan fingerprint density at radius 2 is 1.92 bits per heavy atom. The van der Waals surface area contributed by atoms with Crippen LogP contribution in [-0.4, -0.2) is 43.1 Å². The molecule has 1 aromatic carbocycles. The number of rotatable bonds is 5. The van der Waals surface area contributed by atoms with Gasteiger partial charge in [0.05, 0.1) is 12.6 Å². The highest BCUT2D eigenvalue weighted by Crippen LogP contribution is 2.24. The number of pyridine rings is 1. The highest BCUT2D eigenvalue weighted by Gasteiger charge is 2.42. The van der Waals surface area contributed by atoms with E-state index in [1.54, 1.807) is 56.8 Å². The van der Waals surface area contributed by atoms with E-state index in [1.807, 2.05) is 0 Å². The van der Waals surface area contributed by atoms with E-state index in [0.29, 0.717) is 18.7 Å². The number of aromatic nitrogens is 1. The molecule has 2 heterocycles. The average molecular weight is 343 g/mol. The van der Waals surface area contributed by atoms with Crippen LogP contribution in [0.25, 0.3) is 5.69 Å². The van der Waals surface area contributed by atoms with Crippen LogP contribution >= 0.6 is 0 Å². The molecule has 1 unspecified atom stereocenters. The van der Waals surface area contributed by atoms with Crippen LogP contribution < -0.4 is 16.2 Å². The lowest BCUT2D eigenvalue weighted by molar-refractivity contribution is -0.192. The lowest BCUT2D eigenvalue weighted by Gasteiger charge is -2.24. The Bertz CT molecular complexity index is 796. The molecule has 1 fully saturated rings. The van der Waals surface area contributed by atoms with Gasteiger partial charge in [-0.1, -0.05) is 6.07 Å². The molecule has 7 heteroatoms. The number of hydrogen-bond acceptors (Lipinski definition) is 5. The molecule has 1 aliphatic heterocycles. The third kappa shape index (κ3) is 3.63. The van der Waals surface area contributed by atoms with E-state index in [-0.39, 0.29) is 11.5 Å². The summed E-state index contributed by atoms with van der Waals surface area (Å²) in [5.41, 5.74) is 1.29. The second kappa shape index (κ2) is 7.18. The van der Waals surface area contributed by atoms with Crippen LogP contribution in [0.4, 0.5) is 5.69 Å². The Morgan fingerprint density at radius 1 is 1.20 bits per heavy atom. The van der Waals surface area contributed by atoms with E-state index < -0.39 is 11.8 Å². The minimum atomic E-state index is -0.764. The predicted octanol–water partition coefficient (Wildman–Crippen LogP) is 1.13. The summed E-state index contributed by atoms with van der Waals surface area (Å²) in [4.78, 5) is 24.2. The van der Waals surface area contributed by atoms with Gasteiger partial charge in [0.1, 0.15) is 0 Å². The lowest BCUT2D eigenvalue weighted by Crippen LogP contribution is -2.35. The SMILES string of the molecule is COC1(OC)CNC(C(=O)Nc2ccc(-n3ccccc3=O)cc2)C1. The fraction of sp³-hybridized carbons (Fsp3) is 0.333. The van der Waals surface area contributed by atoms with Crippen LogP contribution in [0.1, 0.15) is 6.42 Å². The second-order valence-corrected chi connectivity index (χ2v) is 5.90. The van der Waals surface area contributed by atoms with Crippen molar-refractivity contribution in [3.63, 3.8) is 0 Å². The number of hydrogen-bond donors (Lipinski definition) is 2. The molecule has 0 spiro atoms. The maximum Gasteiger partial charge on any atom is 0.255 e. The number of ether oxygens (including phenoxy) is 2. The summed E-state index contributed by atoms with van der Waals surface area (Å²) >= 11 is 0. The number of amides is 1. The molecule has 0 aliphatic carbocycles. The van der Waals surface area contributed by atoms with Crippen molar-refractivity contribution in [2.24, 2.45) is 0 Å². The van der Waals surface area contributed by atoms with Crippen molar-refractivity contribution in [2.75, 3.05) is 26.1 Å². The van der Waals surface area contributed by atoms with Crippen molar-refractivity contribution in [3.05, 3.63) is 59.0 Å². The van der Waals surface area contributed by atoms with Crippen molar-refractivity contribution in [1.82, 2.24) is 9.88 Å². The molecule has 1 atom stereocenters. The summed E-state index contributed by atoms with van der Waals surface area (Å²) < 4.78 is 12.3. The zero-order chi connectivity index (χ0) is 17.9. The zero-order valence-electron chi connectivity index (χ0n) is 14.2. The molecule has 132 valence electrons. The van der Waals surface area contributed by atoms with Crippen molar-refractivity contribution in [1.29, 1.82) is 0 Å². The molecule has 2 N–H and O–H groups in total. The van der Waals surface area contributed by atoms with Gasteiger partial charge in [0.2, 0.25) is 5.91 Å². The highest BCUT2D eigenvalue weighted by atomic mass is 16.7. The van der Waals surface area contributed by atoms with E-state index in [1.165, 1.54) is 10.6 Å². The van der Waals surface area contributed by atoms with Gasteiger partial charge in [0, 0.05) is 44.3 Å². The monoisotopic (exact) mass is 343 g/mol. The summed E-state index contributed by atoms with van der Waals surface area (Å²) in [7, 11) is 3.13. The average Bonchev–Trinajstić information content (AvgIpc) is 3.08. The standard InChI is InChI=1S/C18H21N3O4/c1-24-18(25-2)11-15(19-12-18)17(23)20-13-6-8-14(9-7-13)21-10-4-3-5-16(21)22/h3-10,15,19H,11-12H2,1-2H3,(H,20,23). The number of benzene rings is 1. The van der Waals surface area contributed by atoms with Gasteiger partial charge in [-0.3, -0.25) is 14.2 Å². The van der Waals surface area contributed by atoms with Crippen molar-refractivity contribution < 1.29 is 14.3 Å². The fourth-order valence-corrected chi connectivity index (χ4v) is 2.89. The quantitative estimate of drug-likeness (QED) is 0.796. The first-order valence-electron chi connectivity index (χ1n) is 7.99. The molecule has 1 amide bonds. The second-order valence-electron chi connectivity index (χ2n) is 5.90. The third-order valence-corrected chi connectivity index (χ3v) is 4.43. The zero-order valence-corrected chi connectivity index (χ0v) is 14.2. The Labute approximate surface area is 145 Å². The molecule has 1 aliphatic rings. The minimum absolute atomic E-state index is 0.107. The molecular formula is C18H21N3O4. The number of methoxy groups -OCH3 is 2. The largest absolute Gasteiger partial charge is 0.352 e. The normalized spacial score (nSPS) is 18.9. The van der Waals surface area contributed by atoms with E-state index in [4.69, 9.17) is 9.47 Å². The van der Waals surface area contributed by atoms with E-state index in [0.717, 1.165) is 5.69 Å². The summed E-state index contributed by atoms with van der Waals surface area (Å²) in [5, 5.41) is 5.97. The summed E-state index contributed by atoms with van der Waals surface area (Å²) in [5.74, 6) is -0.916. The number of nitrogens with one attached hydrogen (secondary N) is 2. The van der Waals surface area contributed by atoms with Gasteiger partial charge < -0.3 is 20.1 Å². The molecule has 1 saturated heterocycles. The molecule has 0 radical (unpaired) electrons. The van der Waals surface area contributed by atoms with E-state index in [9.17, 15) is 9.59 Å². The van der Waals surface area contributed by atoms with Gasteiger partial charge >= 0.3 is 0 Å². The van der Waals surface area contributed by atoms with Crippen LogP contribution in [0.5, 0.6) is 0 Å². The molecular weight excluding hydrogens is 322 g/mol. The Morgan fingerprint density at radius 3 is 2.52 bits per heavy atom.